The summed E-state index contributed by atoms with van der Waals surface area (Å²) in [6, 6.07) is 59.1. The van der Waals surface area contributed by atoms with Gasteiger partial charge in [0.15, 0.2) is 0 Å². The van der Waals surface area contributed by atoms with Gasteiger partial charge in [-0.1, -0.05) is 152 Å². The van der Waals surface area contributed by atoms with Crippen molar-refractivity contribution in [1.29, 1.82) is 0 Å². The van der Waals surface area contributed by atoms with Crippen molar-refractivity contribution in [3.8, 4) is 0 Å². The molecule has 5 aromatic carbocycles. The highest BCUT2D eigenvalue weighted by molar-refractivity contribution is 7.79. The molecule has 0 amide bonds. The minimum atomic E-state index is -0.634. The molecule has 0 atom stereocenters. The predicted octanol–water partition coefficient (Wildman–Crippen LogP) is 6.81. The van der Waals surface area contributed by atoms with Gasteiger partial charge >= 0.3 is 0 Å². The highest BCUT2D eigenvalue weighted by Crippen LogP contribution is 2.37. The third-order valence-corrected chi connectivity index (χ3v) is 12.5. The first-order valence-corrected chi connectivity index (χ1v) is 17.7. The Morgan fingerprint density at radius 2 is 0.953 bits per heavy atom. The third kappa shape index (κ3) is 7.73. The fourth-order valence-corrected chi connectivity index (χ4v) is 10.1. The van der Waals surface area contributed by atoms with E-state index in [1.165, 1.54) is 32.1 Å². The van der Waals surface area contributed by atoms with Crippen LogP contribution >= 0.6 is 15.8 Å². The molecule has 0 spiro atoms. The molecule has 6 rings (SSSR count). The lowest BCUT2D eigenvalue weighted by Gasteiger charge is -2.22. The monoisotopic (exact) mass is 594 g/mol. The summed E-state index contributed by atoms with van der Waals surface area (Å²) in [5.74, 6) is 0. The molecule has 1 N–H and O–H groups in total. The van der Waals surface area contributed by atoms with Gasteiger partial charge in [-0.15, -0.1) is 0 Å². The van der Waals surface area contributed by atoms with Crippen molar-refractivity contribution in [1.82, 2.24) is 10.3 Å². The molecule has 4 heteroatoms. The summed E-state index contributed by atoms with van der Waals surface area (Å²) in [4.78, 5) is 5.11. The zero-order chi connectivity index (χ0) is 29.1. The fourth-order valence-electron chi connectivity index (χ4n) is 5.37. The Morgan fingerprint density at radius 3 is 1.53 bits per heavy atom. The molecule has 0 unspecified atom stereocenters. The summed E-state index contributed by atoms with van der Waals surface area (Å²) in [5.41, 5.74) is 3.67. The fraction of sp³-hybridized carbons (Fsp3) is 0.103. The summed E-state index contributed by atoms with van der Waals surface area (Å²) >= 11 is 0. The number of rotatable bonds is 12. The number of benzene rings is 5. The second-order valence-corrected chi connectivity index (χ2v) is 14.8. The second-order valence-electron chi connectivity index (χ2n) is 10.4. The van der Waals surface area contributed by atoms with Gasteiger partial charge in [0.1, 0.15) is 0 Å². The molecule has 6 aromatic rings. The van der Waals surface area contributed by atoms with Crippen LogP contribution in [0, 0.1) is 0 Å². The van der Waals surface area contributed by atoms with Crippen LogP contribution in [-0.4, -0.2) is 11.5 Å². The number of hydrogen-bond acceptors (Lipinski definition) is 2. The largest absolute Gasteiger partial charge is 0.312 e. The van der Waals surface area contributed by atoms with Crippen LogP contribution in [0.15, 0.2) is 164 Å². The van der Waals surface area contributed by atoms with E-state index in [0.717, 1.165) is 37.1 Å². The molecule has 0 saturated carbocycles. The smallest absolute Gasteiger partial charge is 0.0456 e. The van der Waals surface area contributed by atoms with E-state index >= 15 is 0 Å². The van der Waals surface area contributed by atoms with E-state index in [1.807, 2.05) is 0 Å². The van der Waals surface area contributed by atoms with Crippen molar-refractivity contribution < 1.29 is 0 Å². The van der Waals surface area contributed by atoms with Gasteiger partial charge in [0.25, 0.3) is 0 Å². The average molecular weight is 595 g/mol. The van der Waals surface area contributed by atoms with Gasteiger partial charge in [0, 0.05) is 37.1 Å². The average Bonchev–Trinajstić information content (AvgIpc) is 3.08. The van der Waals surface area contributed by atoms with Crippen molar-refractivity contribution in [3.63, 3.8) is 0 Å². The second kappa shape index (κ2) is 15.0. The summed E-state index contributed by atoms with van der Waals surface area (Å²) < 4.78 is 0. The van der Waals surface area contributed by atoms with E-state index in [4.69, 9.17) is 4.98 Å². The maximum absolute atomic E-state index is 5.11. The maximum atomic E-state index is 5.11. The number of hydrogen-bond donors (Lipinski definition) is 1. The molecule has 0 aliphatic heterocycles. The van der Waals surface area contributed by atoms with Crippen LogP contribution in [0.3, 0.4) is 0 Å². The third-order valence-electron chi connectivity index (χ3n) is 7.45. The van der Waals surface area contributed by atoms with E-state index in [-0.39, 0.29) is 0 Å². The van der Waals surface area contributed by atoms with Crippen molar-refractivity contribution in [2.75, 3.05) is 6.54 Å². The molecule has 2 nitrogen and oxygen atoms in total. The SMILES string of the molecule is c1ccc(P(Cc2cccc(CCNCc3ccccc3P(c3ccccc3)c3ccccc3)n2)c2ccccc2)cc1. The Hall–Kier alpha value is -3.93. The highest BCUT2D eigenvalue weighted by Gasteiger charge is 2.19. The molecule has 0 bridgehead atoms. The van der Waals surface area contributed by atoms with Gasteiger partial charge in [-0.2, -0.15) is 0 Å². The van der Waals surface area contributed by atoms with Gasteiger partial charge in [-0.25, -0.2) is 0 Å². The molecule has 0 aliphatic carbocycles. The molecule has 1 aromatic heterocycles. The van der Waals surface area contributed by atoms with Crippen molar-refractivity contribution in [2.24, 2.45) is 0 Å². The molecule has 0 radical (unpaired) electrons. The minimum Gasteiger partial charge on any atom is -0.312 e. The number of nitrogens with one attached hydrogen (secondary N) is 1. The molecule has 0 aliphatic rings. The van der Waals surface area contributed by atoms with Crippen LogP contribution in [0.1, 0.15) is 17.0 Å². The number of aromatic nitrogens is 1. The lowest BCUT2D eigenvalue weighted by molar-refractivity contribution is 0.681. The maximum Gasteiger partial charge on any atom is 0.0456 e. The summed E-state index contributed by atoms with van der Waals surface area (Å²) in [7, 11) is -1.14. The van der Waals surface area contributed by atoms with E-state index in [9.17, 15) is 0 Å². The normalized spacial score (nSPS) is 11.2. The van der Waals surface area contributed by atoms with Crippen LogP contribution in [-0.2, 0) is 19.1 Å². The van der Waals surface area contributed by atoms with Gasteiger partial charge < -0.3 is 5.32 Å². The lowest BCUT2D eigenvalue weighted by Crippen LogP contribution is -2.26. The number of pyridine rings is 1. The van der Waals surface area contributed by atoms with Gasteiger partial charge in [-0.05, 0) is 60.1 Å². The summed E-state index contributed by atoms with van der Waals surface area (Å²) in [5, 5.41) is 10.7. The quantitative estimate of drug-likeness (QED) is 0.125. The first kappa shape index (κ1) is 29.2. The van der Waals surface area contributed by atoms with Crippen molar-refractivity contribution >= 4 is 42.4 Å². The molecule has 0 fully saturated rings. The molecule has 43 heavy (non-hydrogen) atoms. The molecule has 1 heterocycles. The number of nitrogens with zero attached hydrogens (tertiary/aromatic N) is 1. The van der Waals surface area contributed by atoms with Crippen molar-refractivity contribution in [3.05, 3.63) is 181 Å². The zero-order valence-electron chi connectivity index (χ0n) is 24.3. The van der Waals surface area contributed by atoms with Crippen LogP contribution in [0.4, 0.5) is 0 Å². The Morgan fingerprint density at radius 1 is 0.465 bits per heavy atom. The Labute approximate surface area is 258 Å². The van der Waals surface area contributed by atoms with E-state index in [0.29, 0.717) is 0 Å². The summed E-state index contributed by atoms with van der Waals surface area (Å²) in [6.07, 6.45) is 1.84. The standard InChI is InChI=1S/C39H36N2P2/c1-5-19-35(20-6-1)42(36-21-7-2-8-22-36)31-34-18-15-17-33(41-34)28-29-40-30-32-16-13-14-27-39(32)43(37-23-9-3-10-24-37)38-25-11-4-12-26-38/h1-27,40H,28-31H2. The van der Waals surface area contributed by atoms with Crippen LogP contribution in [0.5, 0.6) is 0 Å². The van der Waals surface area contributed by atoms with E-state index in [1.54, 1.807) is 0 Å². The first-order valence-electron chi connectivity index (χ1n) is 14.9. The van der Waals surface area contributed by atoms with Crippen LogP contribution in [0.25, 0.3) is 0 Å². The Kier molecular flexibility index (Phi) is 10.2. The molecule has 0 saturated heterocycles. The zero-order valence-corrected chi connectivity index (χ0v) is 26.0. The highest BCUT2D eigenvalue weighted by atomic mass is 31.1. The van der Waals surface area contributed by atoms with Crippen LogP contribution in [0.2, 0.25) is 0 Å². The topological polar surface area (TPSA) is 24.9 Å². The molecular weight excluding hydrogens is 558 g/mol. The minimum absolute atomic E-state index is 0.511. The molecule has 212 valence electrons. The Balaban J connectivity index is 1.14. The Bertz CT molecular complexity index is 1610. The van der Waals surface area contributed by atoms with Gasteiger partial charge in [0.05, 0.1) is 0 Å². The first-order chi connectivity index (χ1) is 21.3. The lowest BCUT2D eigenvalue weighted by atomic mass is 10.2. The van der Waals surface area contributed by atoms with E-state index in [2.05, 4.69) is 169 Å². The summed E-state index contributed by atoms with van der Waals surface area (Å²) in [6.45, 7) is 1.72. The van der Waals surface area contributed by atoms with Crippen molar-refractivity contribution in [2.45, 2.75) is 19.1 Å². The van der Waals surface area contributed by atoms with E-state index < -0.39 is 15.8 Å². The molecular formula is C39H36N2P2. The predicted molar refractivity (Wildman–Crippen MR) is 188 cm³/mol. The van der Waals surface area contributed by atoms with Gasteiger partial charge in [0.2, 0.25) is 0 Å². The van der Waals surface area contributed by atoms with Crippen LogP contribution < -0.4 is 31.8 Å². The van der Waals surface area contributed by atoms with Gasteiger partial charge in [-0.3, -0.25) is 4.98 Å².